The summed E-state index contributed by atoms with van der Waals surface area (Å²) < 4.78 is 7.77. The van der Waals surface area contributed by atoms with Crippen LogP contribution in [0.25, 0.3) is 0 Å². The summed E-state index contributed by atoms with van der Waals surface area (Å²) in [6, 6.07) is 0.0894. The van der Waals surface area contributed by atoms with Crippen molar-refractivity contribution in [2.75, 3.05) is 20.2 Å². The van der Waals surface area contributed by atoms with E-state index in [1.807, 2.05) is 4.90 Å². The van der Waals surface area contributed by atoms with Crippen molar-refractivity contribution in [2.24, 2.45) is 0 Å². The Labute approximate surface area is 125 Å². The first kappa shape index (κ1) is 14.4. The third-order valence-corrected chi connectivity index (χ3v) is 4.41. The highest BCUT2D eigenvalue weighted by molar-refractivity contribution is 5.74. The first-order valence-electron chi connectivity index (χ1n) is 7.90. The number of aryl methyl sites for hydroxylation is 1. The Kier molecular flexibility index (Phi) is 4.14. The number of hydrogen-bond donors (Lipinski definition) is 1. The third kappa shape index (κ3) is 2.52. The molecule has 6 heteroatoms. The number of urea groups is 1. The van der Waals surface area contributed by atoms with Crippen LogP contribution in [0, 0.1) is 0 Å². The maximum Gasteiger partial charge on any atom is 0.317 e. The number of ether oxygens (including phenoxy) is 1. The normalized spacial score (nSPS) is 21.4. The van der Waals surface area contributed by atoms with Crippen molar-refractivity contribution in [3.63, 3.8) is 0 Å². The molecular formula is C15H24N4O2. The molecule has 1 aromatic rings. The Balaban J connectivity index is 1.95. The zero-order valence-corrected chi connectivity index (χ0v) is 12.9. The van der Waals surface area contributed by atoms with Gasteiger partial charge in [-0.2, -0.15) is 5.10 Å². The van der Waals surface area contributed by atoms with Crippen LogP contribution in [0.3, 0.4) is 0 Å². The van der Waals surface area contributed by atoms with E-state index < -0.39 is 0 Å². The van der Waals surface area contributed by atoms with E-state index in [4.69, 9.17) is 9.84 Å². The molecule has 0 saturated carbocycles. The van der Waals surface area contributed by atoms with Gasteiger partial charge in [-0.15, -0.1) is 0 Å². The lowest BCUT2D eigenvalue weighted by Crippen LogP contribution is -2.38. The van der Waals surface area contributed by atoms with Crippen LogP contribution in [0.4, 0.5) is 4.79 Å². The number of aromatic nitrogens is 2. The quantitative estimate of drug-likeness (QED) is 0.925. The Morgan fingerprint density at radius 1 is 1.52 bits per heavy atom. The molecule has 1 N–H and O–H groups in total. The molecule has 1 unspecified atom stereocenters. The molecule has 1 fully saturated rings. The Morgan fingerprint density at radius 3 is 3.14 bits per heavy atom. The number of amides is 2. The molecule has 2 aliphatic heterocycles. The summed E-state index contributed by atoms with van der Waals surface area (Å²) in [5.74, 6) is 0. The monoisotopic (exact) mass is 292 g/mol. The predicted molar refractivity (Wildman–Crippen MR) is 79.0 cm³/mol. The van der Waals surface area contributed by atoms with Crippen LogP contribution < -0.4 is 5.32 Å². The molecule has 2 amide bonds. The van der Waals surface area contributed by atoms with E-state index in [1.54, 1.807) is 7.05 Å². The standard InChI is InChI=1S/C15H24N4O2/c1-3-7-19-12-6-9-21-10-11(12)14(17-19)13-5-4-8-18(13)15(20)16-2/h13H,3-10H2,1-2H3,(H,16,20). The minimum absolute atomic E-state index is 0.00646. The highest BCUT2D eigenvalue weighted by Gasteiger charge is 2.35. The fraction of sp³-hybridized carbons (Fsp3) is 0.733. The summed E-state index contributed by atoms with van der Waals surface area (Å²) in [6.07, 6.45) is 4.02. The maximum absolute atomic E-state index is 12.0. The Bertz CT molecular complexity index is 526. The van der Waals surface area contributed by atoms with Crippen molar-refractivity contribution in [3.05, 3.63) is 17.0 Å². The lowest BCUT2D eigenvalue weighted by molar-refractivity contribution is 0.107. The van der Waals surface area contributed by atoms with Gasteiger partial charge in [0.1, 0.15) is 0 Å². The van der Waals surface area contributed by atoms with Crippen LogP contribution >= 0.6 is 0 Å². The summed E-state index contributed by atoms with van der Waals surface area (Å²) in [5, 5.41) is 7.59. The fourth-order valence-electron chi connectivity index (χ4n) is 3.44. The summed E-state index contributed by atoms with van der Waals surface area (Å²) in [5.41, 5.74) is 3.58. The van der Waals surface area contributed by atoms with Crippen LogP contribution in [-0.4, -0.2) is 40.9 Å². The van der Waals surface area contributed by atoms with Crippen molar-refractivity contribution in [1.82, 2.24) is 20.0 Å². The zero-order valence-electron chi connectivity index (χ0n) is 12.9. The average Bonchev–Trinajstić information content (AvgIpc) is 3.12. The van der Waals surface area contributed by atoms with Gasteiger partial charge in [0.2, 0.25) is 0 Å². The number of fused-ring (bicyclic) bond motifs is 1. The van der Waals surface area contributed by atoms with E-state index in [1.165, 1.54) is 11.3 Å². The molecule has 6 nitrogen and oxygen atoms in total. The van der Waals surface area contributed by atoms with Crippen molar-refractivity contribution in [2.45, 2.75) is 51.8 Å². The molecule has 0 aromatic carbocycles. The van der Waals surface area contributed by atoms with Crippen LogP contribution in [-0.2, 0) is 24.3 Å². The molecule has 116 valence electrons. The molecular weight excluding hydrogens is 268 g/mol. The first-order valence-corrected chi connectivity index (χ1v) is 7.90. The van der Waals surface area contributed by atoms with E-state index in [0.717, 1.165) is 51.1 Å². The largest absolute Gasteiger partial charge is 0.376 e. The number of hydrogen-bond acceptors (Lipinski definition) is 3. The van der Waals surface area contributed by atoms with Crippen molar-refractivity contribution < 1.29 is 9.53 Å². The molecule has 0 bridgehead atoms. The first-order chi connectivity index (χ1) is 10.3. The van der Waals surface area contributed by atoms with Gasteiger partial charge in [-0.05, 0) is 19.3 Å². The second-order valence-electron chi connectivity index (χ2n) is 5.74. The third-order valence-electron chi connectivity index (χ3n) is 4.41. The van der Waals surface area contributed by atoms with Gasteiger partial charge in [-0.25, -0.2) is 4.79 Å². The van der Waals surface area contributed by atoms with Crippen LogP contribution in [0.2, 0.25) is 0 Å². The zero-order chi connectivity index (χ0) is 14.8. The van der Waals surface area contributed by atoms with E-state index in [9.17, 15) is 4.79 Å². The Hall–Kier alpha value is -1.56. The lowest BCUT2D eigenvalue weighted by Gasteiger charge is -2.24. The van der Waals surface area contributed by atoms with Gasteiger partial charge in [-0.1, -0.05) is 6.92 Å². The van der Waals surface area contributed by atoms with Gasteiger partial charge < -0.3 is 15.0 Å². The van der Waals surface area contributed by atoms with E-state index >= 15 is 0 Å². The maximum atomic E-state index is 12.0. The van der Waals surface area contributed by atoms with Crippen molar-refractivity contribution in [1.29, 1.82) is 0 Å². The van der Waals surface area contributed by atoms with Gasteiger partial charge in [0, 0.05) is 37.8 Å². The molecule has 0 aliphatic carbocycles. The Morgan fingerprint density at radius 2 is 2.38 bits per heavy atom. The summed E-state index contributed by atoms with van der Waals surface area (Å²) in [7, 11) is 1.69. The molecule has 1 atom stereocenters. The molecule has 2 aliphatic rings. The molecule has 0 radical (unpaired) electrons. The number of carbonyl (C=O) groups is 1. The number of nitrogens with one attached hydrogen (secondary N) is 1. The van der Waals surface area contributed by atoms with Crippen LogP contribution in [0.1, 0.15) is 49.2 Å². The smallest absolute Gasteiger partial charge is 0.317 e. The summed E-state index contributed by atoms with van der Waals surface area (Å²) in [6.45, 7) is 5.31. The minimum Gasteiger partial charge on any atom is -0.376 e. The number of carbonyl (C=O) groups excluding carboxylic acids is 1. The van der Waals surface area contributed by atoms with Gasteiger partial charge in [0.15, 0.2) is 0 Å². The van der Waals surface area contributed by atoms with Gasteiger partial charge in [0.05, 0.1) is 24.9 Å². The second kappa shape index (κ2) is 6.05. The number of nitrogens with zero attached hydrogens (tertiary/aromatic N) is 3. The van der Waals surface area contributed by atoms with Gasteiger partial charge >= 0.3 is 6.03 Å². The van der Waals surface area contributed by atoms with E-state index in [2.05, 4.69) is 16.9 Å². The lowest BCUT2D eigenvalue weighted by atomic mass is 10.0. The summed E-state index contributed by atoms with van der Waals surface area (Å²) in [4.78, 5) is 14.0. The number of likely N-dealkylation sites (tertiary alicyclic amines) is 1. The van der Waals surface area contributed by atoms with E-state index in [0.29, 0.717) is 6.61 Å². The molecule has 21 heavy (non-hydrogen) atoms. The minimum atomic E-state index is -0.00646. The molecule has 3 heterocycles. The molecule has 3 rings (SSSR count). The highest BCUT2D eigenvalue weighted by atomic mass is 16.5. The topological polar surface area (TPSA) is 59.4 Å². The molecule has 1 saturated heterocycles. The van der Waals surface area contributed by atoms with Gasteiger partial charge in [-0.3, -0.25) is 4.68 Å². The van der Waals surface area contributed by atoms with Crippen molar-refractivity contribution in [3.8, 4) is 0 Å². The van der Waals surface area contributed by atoms with Crippen LogP contribution in [0.5, 0.6) is 0 Å². The molecule has 0 spiro atoms. The second-order valence-corrected chi connectivity index (χ2v) is 5.74. The van der Waals surface area contributed by atoms with Gasteiger partial charge in [0.25, 0.3) is 0 Å². The SMILES string of the molecule is CCCn1nc(C2CCCN2C(=O)NC)c2c1CCOC2. The molecule has 1 aromatic heterocycles. The predicted octanol–water partition coefficient (Wildman–Crippen LogP) is 1.84. The fourth-order valence-corrected chi connectivity index (χ4v) is 3.44. The van der Waals surface area contributed by atoms with E-state index in [-0.39, 0.29) is 12.1 Å². The van der Waals surface area contributed by atoms with Crippen molar-refractivity contribution >= 4 is 6.03 Å². The van der Waals surface area contributed by atoms with Crippen LogP contribution in [0.15, 0.2) is 0 Å². The summed E-state index contributed by atoms with van der Waals surface area (Å²) >= 11 is 0. The highest BCUT2D eigenvalue weighted by Crippen LogP contribution is 2.35. The number of rotatable bonds is 3. The average molecular weight is 292 g/mol.